The van der Waals surface area contributed by atoms with Gasteiger partial charge in [-0.15, -0.1) is 0 Å². The fraction of sp³-hybridized carbons (Fsp3) is 0.500. The Morgan fingerprint density at radius 3 is 2.27 bits per heavy atom. The lowest BCUT2D eigenvalue weighted by Gasteiger charge is -2.41. The van der Waals surface area contributed by atoms with E-state index in [1.165, 1.54) is 11.5 Å². The Morgan fingerprint density at radius 1 is 0.975 bits per heavy atom. The van der Waals surface area contributed by atoms with E-state index < -0.39 is 12.0 Å². The van der Waals surface area contributed by atoms with Crippen LogP contribution in [0.2, 0.25) is 0 Å². The lowest BCUT2D eigenvalue weighted by Crippen LogP contribution is -2.55. The summed E-state index contributed by atoms with van der Waals surface area (Å²) < 4.78 is 43.4. The van der Waals surface area contributed by atoms with Crippen molar-refractivity contribution in [2.24, 2.45) is 5.92 Å². The molecule has 2 aromatic carbocycles. The molecule has 40 heavy (non-hydrogen) atoms. The molecule has 1 N–H and O–H groups in total. The van der Waals surface area contributed by atoms with Gasteiger partial charge in [-0.1, -0.05) is 42.5 Å². The van der Waals surface area contributed by atoms with Gasteiger partial charge in [0.25, 0.3) is 0 Å². The standard InChI is InChI=1S/C30H34F3N5O2/c1-19(39)36-17-21(18-36)28(40)34-25(20-7-3-2-4-8-20)13-14-37-22-11-12-23(37)16-24(15-22)38-27-10-6-5-9-26(27)35-29(38)30(31,32)33/h2-10,21-25H,11-18H2,1H3,(H,34,40)/t22?,23?,24?,25-/m0/s1. The number of piperidine rings is 1. The average molecular weight is 554 g/mol. The minimum atomic E-state index is -4.52. The first-order valence-corrected chi connectivity index (χ1v) is 14.1. The summed E-state index contributed by atoms with van der Waals surface area (Å²) in [4.78, 5) is 32.6. The highest BCUT2D eigenvalue weighted by molar-refractivity contribution is 5.84. The third-order valence-corrected chi connectivity index (χ3v) is 8.97. The van der Waals surface area contributed by atoms with Gasteiger partial charge in [0.2, 0.25) is 17.6 Å². The molecule has 2 amide bonds. The average Bonchev–Trinajstić information content (AvgIpc) is 3.40. The summed E-state index contributed by atoms with van der Waals surface area (Å²) >= 11 is 0. The highest BCUT2D eigenvalue weighted by atomic mass is 19.4. The normalized spacial score (nSPS) is 24.2. The van der Waals surface area contributed by atoms with Gasteiger partial charge >= 0.3 is 6.18 Å². The number of amides is 2. The first kappa shape index (κ1) is 26.8. The molecule has 3 aliphatic rings. The van der Waals surface area contributed by atoms with Crippen LogP contribution in [0.25, 0.3) is 11.0 Å². The number of aromatic nitrogens is 2. The van der Waals surface area contributed by atoms with E-state index in [4.69, 9.17) is 0 Å². The maximum Gasteiger partial charge on any atom is 0.449 e. The van der Waals surface area contributed by atoms with Gasteiger partial charge in [-0.2, -0.15) is 13.2 Å². The van der Waals surface area contributed by atoms with Crippen molar-refractivity contribution >= 4 is 22.8 Å². The van der Waals surface area contributed by atoms with Gasteiger partial charge in [-0.3, -0.25) is 14.5 Å². The molecule has 0 spiro atoms. The largest absolute Gasteiger partial charge is 0.449 e. The second kappa shape index (κ2) is 10.5. The summed E-state index contributed by atoms with van der Waals surface area (Å²) in [5.41, 5.74) is 1.95. The first-order valence-electron chi connectivity index (χ1n) is 14.1. The molecule has 3 atom stereocenters. The number of alkyl halides is 3. The fourth-order valence-electron chi connectivity index (χ4n) is 6.91. The predicted molar refractivity (Wildman–Crippen MR) is 144 cm³/mol. The first-order chi connectivity index (χ1) is 19.2. The number of nitrogens with one attached hydrogen (secondary N) is 1. The number of rotatable bonds is 7. The Balaban J connectivity index is 1.16. The van der Waals surface area contributed by atoms with E-state index >= 15 is 0 Å². The van der Waals surface area contributed by atoms with Gasteiger partial charge in [0, 0.05) is 44.7 Å². The fourth-order valence-corrected chi connectivity index (χ4v) is 6.91. The highest BCUT2D eigenvalue weighted by Crippen LogP contribution is 2.44. The number of fused-ring (bicyclic) bond motifs is 3. The van der Waals surface area contributed by atoms with Gasteiger partial charge in [-0.25, -0.2) is 4.98 Å². The number of carbonyl (C=O) groups excluding carboxylic acids is 2. The second-order valence-electron chi connectivity index (χ2n) is 11.4. The van der Waals surface area contributed by atoms with Crippen LogP contribution in [0.5, 0.6) is 0 Å². The van der Waals surface area contributed by atoms with E-state index in [0.717, 1.165) is 24.9 Å². The van der Waals surface area contributed by atoms with Gasteiger partial charge in [-0.05, 0) is 49.8 Å². The Kier molecular flexibility index (Phi) is 7.06. The van der Waals surface area contributed by atoms with Crippen molar-refractivity contribution in [1.82, 2.24) is 24.7 Å². The molecule has 10 heteroatoms. The van der Waals surface area contributed by atoms with Crippen molar-refractivity contribution in [3.63, 3.8) is 0 Å². The maximum absolute atomic E-state index is 14.0. The molecule has 6 rings (SSSR count). The van der Waals surface area contributed by atoms with Gasteiger partial charge in [0.15, 0.2) is 0 Å². The summed E-state index contributed by atoms with van der Waals surface area (Å²) in [7, 11) is 0. The van der Waals surface area contributed by atoms with Crippen LogP contribution in [0.4, 0.5) is 13.2 Å². The van der Waals surface area contributed by atoms with E-state index in [0.29, 0.717) is 43.4 Å². The molecule has 2 bridgehead atoms. The van der Waals surface area contributed by atoms with Crippen LogP contribution in [0, 0.1) is 5.92 Å². The molecule has 1 aromatic heterocycles. The highest BCUT2D eigenvalue weighted by Gasteiger charge is 2.45. The van der Waals surface area contributed by atoms with Crippen LogP contribution in [-0.4, -0.2) is 62.9 Å². The number of halogens is 3. The molecule has 4 heterocycles. The summed E-state index contributed by atoms with van der Waals surface area (Å²) in [6, 6.07) is 16.7. The number of imidazole rings is 1. The van der Waals surface area contributed by atoms with Crippen molar-refractivity contribution in [3.8, 4) is 0 Å². The zero-order valence-corrected chi connectivity index (χ0v) is 22.5. The third kappa shape index (κ3) is 5.09. The minimum absolute atomic E-state index is 0.0198. The van der Waals surface area contributed by atoms with Crippen LogP contribution in [-0.2, 0) is 15.8 Å². The maximum atomic E-state index is 14.0. The SMILES string of the molecule is CC(=O)N1CC(C(=O)N[C@@H](CCN2C3CCC2CC(n2c(C(F)(F)F)nc4ccccc42)C3)c2ccccc2)C1. The van der Waals surface area contributed by atoms with Gasteiger partial charge < -0.3 is 14.8 Å². The monoisotopic (exact) mass is 553 g/mol. The van der Waals surface area contributed by atoms with Crippen LogP contribution in [0.3, 0.4) is 0 Å². The van der Waals surface area contributed by atoms with E-state index in [-0.39, 0.29) is 41.9 Å². The molecule has 0 aliphatic carbocycles. The second-order valence-corrected chi connectivity index (χ2v) is 11.4. The van der Waals surface area contributed by atoms with Crippen molar-refractivity contribution in [2.75, 3.05) is 19.6 Å². The lowest BCUT2D eigenvalue weighted by atomic mass is 9.94. The van der Waals surface area contributed by atoms with Gasteiger partial charge in [0.1, 0.15) is 0 Å². The van der Waals surface area contributed by atoms with E-state index in [1.807, 2.05) is 30.3 Å². The number of likely N-dealkylation sites (tertiary alicyclic amines) is 1. The summed E-state index contributed by atoms with van der Waals surface area (Å²) in [6.07, 6.45) is -0.603. The number of hydrogen-bond acceptors (Lipinski definition) is 4. The van der Waals surface area contributed by atoms with Crippen LogP contribution >= 0.6 is 0 Å². The van der Waals surface area contributed by atoms with Crippen molar-refractivity contribution in [3.05, 3.63) is 66.0 Å². The number of benzene rings is 2. The van der Waals surface area contributed by atoms with Gasteiger partial charge in [0.05, 0.1) is 23.0 Å². The Hall–Kier alpha value is -3.40. The molecular weight excluding hydrogens is 519 g/mol. The topological polar surface area (TPSA) is 70.5 Å². The predicted octanol–water partition coefficient (Wildman–Crippen LogP) is 4.95. The molecule has 3 saturated heterocycles. The number of nitrogens with zero attached hydrogens (tertiary/aromatic N) is 4. The molecule has 3 fully saturated rings. The molecule has 3 aromatic rings. The molecule has 3 aliphatic heterocycles. The van der Waals surface area contributed by atoms with Crippen LogP contribution < -0.4 is 5.32 Å². The smallest absolute Gasteiger partial charge is 0.349 e. The number of hydrogen-bond donors (Lipinski definition) is 1. The molecule has 0 radical (unpaired) electrons. The number of para-hydroxylation sites is 2. The van der Waals surface area contributed by atoms with Crippen molar-refractivity contribution in [2.45, 2.75) is 69.4 Å². The molecule has 212 valence electrons. The quantitative estimate of drug-likeness (QED) is 0.450. The lowest BCUT2D eigenvalue weighted by molar-refractivity contribution is -0.148. The Morgan fingerprint density at radius 2 is 1.62 bits per heavy atom. The molecule has 2 unspecified atom stereocenters. The molecule has 7 nitrogen and oxygen atoms in total. The van der Waals surface area contributed by atoms with E-state index in [2.05, 4.69) is 15.2 Å². The molecular formula is C30H34F3N5O2. The van der Waals surface area contributed by atoms with Crippen LogP contribution in [0.15, 0.2) is 54.6 Å². The van der Waals surface area contributed by atoms with E-state index in [9.17, 15) is 22.8 Å². The summed E-state index contributed by atoms with van der Waals surface area (Å²) in [6.45, 7) is 3.16. The minimum Gasteiger partial charge on any atom is -0.349 e. The third-order valence-electron chi connectivity index (χ3n) is 8.97. The van der Waals surface area contributed by atoms with Crippen molar-refractivity contribution < 1.29 is 22.8 Å². The molecule has 0 saturated carbocycles. The zero-order chi connectivity index (χ0) is 28.0. The van der Waals surface area contributed by atoms with Crippen LogP contribution in [0.1, 0.15) is 62.5 Å². The number of carbonyl (C=O) groups is 2. The Labute approximate surface area is 231 Å². The zero-order valence-electron chi connectivity index (χ0n) is 22.5. The Bertz CT molecular complexity index is 1370. The van der Waals surface area contributed by atoms with E-state index in [1.54, 1.807) is 29.2 Å². The summed E-state index contributed by atoms with van der Waals surface area (Å²) in [5, 5.41) is 3.22. The van der Waals surface area contributed by atoms with Crippen molar-refractivity contribution in [1.29, 1.82) is 0 Å². The summed E-state index contributed by atoms with van der Waals surface area (Å²) in [5.74, 6) is -1.07.